The normalized spacial score (nSPS) is 16.0. The number of hydrogen-bond acceptors (Lipinski definition) is 3. The summed E-state index contributed by atoms with van der Waals surface area (Å²) in [6, 6.07) is 13.6. The smallest absolute Gasteiger partial charge is 0.243 e. The van der Waals surface area contributed by atoms with Crippen molar-refractivity contribution in [2.24, 2.45) is 0 Å². The topological polar surface area (TPSA) is 66.5 Å². The van der Waals surface area contributed by atoms with Crippen LogP contribution in [0.3, 0.4) is 0 Å². The van der Waals surface area contributed by atoms with Crippen LogP contribution in [0.5, 0.6) is 0 Å². The van der Waals surface area contributed by atoms with Crippen LogP contribution in [0.25, 0.3) is 0 Å². The largest absolute Gasteiger partial charge is 0.352 e. The van der Waals surface area contributed by atoms with Crippen molar-refractivity contribution in [3.63, 3.8) is 0 Å². The second-order valence-electron chi connectivity index (χ2n) is 7.96. The first-order valence-corrected chi connectivity index (χ1v) is 13.3. The molecule has 0 saturated heterocycles. The van der Waals surface area contributed by atoms with Gasteiger partial charge in [-0.05, 0) is 54.8 Å². The van der Waals surface area contributed by atoms with Crippen molar-refractivity contribution in [1.29, 1.82) is 0 Å². The lowest BCUT2D eigenvalue weighted by Crippen LogP contribution is -2.44. The Balaban J connectivity index is 1.78. The van der Waals surface area contributed by atoms with E-state index in [0.717, 1.165) is 35.7 Å². The first-order chi connectivity index (χ1) is 14.8. The minimum absolute atomic E-state index is 0.107. The van der Waals surface area contributed by atoms with Gasteiger partial charge in [-0.1, -0.05) is 71.8 Å². The predicted molar refractivity (Wildman–Crippen MR) is 127 cm³/mol. The van der Waals surface area contributed by atoms with E-state index in [1.165, 1.54) is 35.7 Å². The van der Waals surface area contributed by atoms with Crippen LogP contribution in [0.1, 0.15) is 50.5 Å². The molecule has 1 N–H and O–H groups in total. The molecule has 0 aliphatic heterocycles. The minimum Gasteiger partial charge on any atom is -0.352 e. The Morgan fingerprint density at radius 2 is 1.55 bits per heavy atom. The number of halogens is 2. The number of sulfonamides is 1. The molecular formula is C23H28BrClN2O3S. The van der Waals surface area contributed by atoms with Crippen molar-refractivity contribution in [2.45, 2.75) is 62.4 Å². The van der Waals surface area contributed by atoms with Gasteiger partial charge in [0.25, 0.3) is 0 Å². The Morgan fingerprint density at radius 3 is 2.16 bits per heavy atom. The van der Waals surface area contributed by atoms with Gasteiger partial charge in [-0.2, -0.15) is 4.31 Å². The molecule has 0 bridgehead atoms. The highest BCUT2D eigenvalue weighted by molar-refractivity contribution is 9.10. The van der Waals surface area contributed by atoms with E-state index in [1.807, 2.05) is 24.3 Å². The molecule has 1 amide bonds. The van der Waals surface area contributed by atoms with Gasteiger partial charge in [0.15, 0.2) is 0 Å². The average molecular weight is 528 g/mol. The molecule has 0 heterocycles. The minimum atomic E-state index is -3.87. The third kappa shape index (κ3) is 7.31. The Hall–Kier alpha value is -1.41. The van der Waals surface area contributed by atoms with Crippen LogP contribution < -0.4 is 5.32 Å². The van der Waals surface area contributed by atoms with E-state index in [1.54, 1.807) is 12.1 Å². The van der Waals surface area contributed by atoms with Gasteiger partial charge in [-0.25, -0.2) is 8.42 Å². The maximum Gasteiger partial charge on any atom is 0.243 e. The second kappa shape index (κ2) is 11.5. The van der Waals surface area contributed by atoms with Crippen LogP contribution in [0.4, 0.5) is 0 Å². The second-order valence-corrected chi connectivity index (χ2v) is 11.3. The number of nitrogens with one attached hydrogen (secondary N) is 1. The SMILES string of the molecule is O=C(CN(Cc1ccc(Br)cc1)S(=O)(=O)c1ccc(Cl)cc1)NC1CCCCCCC1. The van der Waals surface area contributed by atoms with Crippen molar-refractivity contribution in [3.8, 4) is 0 Å². The third-order valence-electron chi connectivity index (χ3n) is 5.51. The van der Waals surface area contributed by atoms with E-state index in [2.05, 4.69) is 21.2 Å². The van der Waals surface area contributed by atoms with E-state index in [0.29, 0.717) is 5.02 Å². The first kappa shape index (κ1) is 24.2. The summed E-state index contributed by atoms with van der Waals surface area (Å²) in [5.41, 5.74) is 0.805. The summed E-state index contributed by atoms with van der Waals surface area (Å²) < 4.78 is 28.8. The fraction of sp³-hybridized carbons (Fsp3) is 0.435. The van der Waals surface area contributed by atoms with Crippen LogP contribution in [-0.2, 0) is 21.4 Å². The first-order valence-electron chi connectivity index (χ1n) is 10.6. The molecule has 3 rings (SSSR count). The molecule has 0 unspecified atom stereocenters. The highest BCUT2D eigenvalue weighted by Gasteiger charge is 2.28. The standard InChI is InChI=1S/C23H28BrClN2O3S/c24-19-10-8-18(9-11-19)16-27(31(29,30)22-14-12-20(25)13-15-22)17-23(28)26-21-6-4-2-1-3-5-7-21/h8-15,21H,1-7,16-17H2,(H,26,28). The lowest BCUT2D eigenvalue weighted by Gasteiger charge is -2.25. The van der Waals surface area contributed by atoms with Crippen molar-refractivity contribution < 1.29 is 13.2 Å². The highest BCUT2D eigenvalue weighted by atomic mass is 79.9. The van der Waals surface area contributed by atoms with Crippen LogP contribution in [0.2, 0.25) is 5.02 Å². The number of amides is 1. The summed E-state index contributed by atoms with van der Waals surface area (Å²) in [5, 5.41) is 3.53. The molecule has 1 aliphatic carbocycles. The monoisotopic (exact) mass is 526 g/mol. The number of nitrogens with zero attached hydrogens (tertiary/aromatic N) is 1. The third-order valence-corrected chi connectivity index (χ3v) is 8.10. The zero-order valence-corrected chi connectivity index (χ0v) is 20.6. The van der Waals surface area contributed by atoms with E-state index < -0.39 is 10.0 Å². The molecule has 0 radical (unpaired) electrons. The zero-order valence-electron chi connectivity index (χ0n) is 17.4. The lowest BCUT2D eigenvalue weighted by atomic mass is 9.97. The number of carbonyl (C=O) groups excluding carboxylic acids is 1. The fourth-order valence-electron chi connectivity index (χ4n) is 3.81. The van der Waals surface area contributed by atoms with Gasteiger partial charge in [0.05, 0.1) is 11.4 Å². The molecule has 1 saturated carbocycles. The van der Waals surface area contributed by atoms with Gasteiger partial charge < -0.3 is 5.32 Å². The van der Waals surface area contributed by atoms with E-state index in [4.69, 9.17) is 11.6 Å². The maximum absolute atomic E-state index is 13.3. The summed E-state index contributed by atoms with van der Waals surface area (Å²) in [7, 11) is -3.87. The molecule has 1 aliphatic rings. The number of carbonyl (C=O) groups is 1. The van der Waals surface area contributed by atoms with Crippen molar-refractivity contribution in [3.05, 3.63) is 63.6 Å². The molecule has 5 nitrogen and oxygen atoms in total. The summed E-state index contributed by atoms with van der Waals surface area (Å²) in [6.45, 7) is -0.117. The van der Waals surface area contributed by atoms with Gasteiger partial charge >= 0.3 is 0 Å². The van der Waals surface area contributed by atoms with E-state index >= 15 is 0 Å². The van der Waals surface area contributed by atoms with Gasteiger partial charge in [0.2, 0.25) is 15.9 Å². The van der Waals surface area contributed by atoms with Crippen LogP contribution in [-0.4, -0.2) is 31.2 Å². The summed E-state index contributed by atoms with van der Waals surface area (Å²) in [5.74, 6) is -0.264. The summed E-state index contributed by atoms with van der Waals surface area (Å²) >= 11 is 9.32. The molecule has 1 fully saturated rings. The van der Waals surface area contributed by atoms with Gasteiger partial charge in [-0.15, -0.1) is 0 Å². The summed E-state index contributed by atoms with van der Waals surface area (Å²) in [6.07, 6.45) is 7.71. The Bertz CT molecular complexity index is 957. The molecule has 168 valence electrons. The number of hydrogen-bond donors (Lipinski definition) is 1. The molecule has 0 atom stereocenters. The zero-order chi connectivity index (χ0) is 22.3. The van der Waals surface area contributed by atoms with Crippen LogP contribution in [0, 0.1) is 0 Å². The van der Waals surface area contributed by atoms with Crippen LogP contribution in [0.15, 0.2) is 57.9 Å². The van der Waals surface area contributed by atoms with Gasteiger partial charge in [-0.3, -0.25) is 4.79 Å². The van der Waals surface area contributed by atoms with Crippen LogP contribution >= 0.6 is 27.5 Å². The van der Waals surface area contributed by atoms with Crippen molar-refractivity contribution in [1.82, 2.24) is 9.62 Å². The lowest BCUT2D eigenvalue weighted by molar-refractivity contribution is -0.122. The fourth-order valence-corrected chi connectivity index (χ4v) is 5.58. The molecular weight excluding hydrogens is 500 g/mol. The molecule has 31 heavy (non-hydrogen) atoms. The molecule has 2 aromatic carbocycles. The summed E-state index contributed by atoms with van der Waals surface area (Å²) in [4.78, 5) is 13.0. The Labute approximate surface area is 198 Å². The molecule has 0 aromatic heterocycles. The highest BCUT2D eigenvalue weighted by Crippen LogP contribution is 2.22. The Kier molecular flexibility index (Phi) is 8.95. The van der Waals surface area contributed by atoms with Gasteiger partial charge in [0.1, 0.15) is 0 Å². The quantitative estimate of drug-likeness (QED) is 0.515. The van der Waals surface area contributed by atoms with Gasteiger partial charge in [0, 0.05) is 22.1 Å². The average Bonchev–Trinajstić information content (AvgIpc) is 2.71. The number of benzene rings is 2. The molecule has 0 spiro atoms. The van der Waals surface area contributed by atoms with E-state index in [-0.39, 0.29) is 29.9 Å². The molecule has 8 heteroatoms. The van der Waals surface area contributed by atoms with Crippen molar-refractivity contribution >= 4 is 43.5 Å². The van der Waals surface area contributed by atoms with E-state index in [9.17, 15) is 13.2 Å². The molecule has 2 aromatic rings. The predicted octanol–water partition coefficient (Wildman–Crippen LogP) is 5.52. The number of rotatable bonds is 7. The maximum atomic E-state index is 13.3. The Morgan fingerprint density at radius 1 is 0.968 bits per heavy atom. The van der Waals surface area contributed by atoms with Crippen molar-refractivity contribution in [2.75, 3.05) is 6.54 Å².